The molecule has 2 amide bonds. The summed E-state index contributed by atoms with van der Waals surface area (Å²) in [5, 5.41) is 8.49. The molecule has 5 nitrogen and oxygen atoms in total. The molecule has 0 unspecified atom stereocenters. The molecule has 6 heteroatoms. The van der Waals surface area contributed by atoms with Gasteiger partial charge in [-0.2, -0.15) is 0 Å². The largest absolute Gasteiger partial charge is 0.338 e. The fraction of sp³-hybridized carbons (Fsp3) is 0.375. The third-order valence-electron chi connectivity index (χ3n) is 3.68. The summed E-state index contributed by atoms with van der Waals surface area (Å²) < 4.78 is 1.04. The van der Waals surface area contributed by atoms with Crippen LogP contribution in [-0.2, 0) is 16.0 Å². The van der Waals surface area contributed by atoms with Crippen molar-refractivity contribution in [1.82, 2.24) is 10.4 Å². The summed E-state index contributed by atoms with van der Waals surface area (Å²) in [5.41, 5.74) is 3.43. The van der Waals surface area contributed by atoms with Crippen LogP contribution in [0.25, 0.3) is 0 Å². The van der Waals surface area contributed by atoms with Crippen LogP contribution in [0, 0.1) is 0 Å². The molecular formula is C16H19BrN2O3. The van der Waals surface area contributed by atoms with E-state index in [9.17, 15) is 9.59 Å². The second-order valence-electron chi connectivity index (χ2n) is 5.22. The van der Waals surface area contributed by atoms with E-state index in [-0.39, 0.29) is 12.3 Å². The molecule has 0 fully saturated rings. The van der Waals surface area contributed by atoms with E-state index < -0.39 is 5.91 Å². The second kappa shape index (κ2) is 8.10. The van der Waals surface area contributed by atoms with Crippen molar-refractivity contribution in [3.63, 3.8) is 0 Å². The summed E-state index contributed by atoms with van der Waals surface area (Å²) in [6.07, 6.45) is 3.99. The van der Waals surface area contributed by atoms with Crippen LogP contribution in [0.4, 0.5) is 0 Å². The third kappa shape index (κ3) is 4.68. The lowest BCUT2D eigenvalue weighted by Crippen LogP contribution is -2.37. The summed E-state index contributed by atoms with van der Waals surface area (Å²) in [6.45, 7) is 1.38. The number of nitrogens with one attached hydrogen (secondary N) is 1. The predicted molar refractivity (Wildman–Crippen MR) is 86.3 cm³/mol. The monoisotopic (exact) mass is 366 g/mol. The van der Waals surface area contributed by atoms with Gasteiger partial charge in [0.2, 0.25) is 11.8 Å². The zero-order valence-corrected chi connectivity index (χ0v) is 13.8. The number of hydrogen-bond donors (Lipinski definition) is 2. The minimum atomic E-state index is -0.472. The summed E-state index contributed by atoms with van der Waals surface area (Å²) in [4.78, 5) is 25.2. The molecule has 22 heavy (non-hydrogen) atoms. The molecule has 1 aliphatic rings. The maximum atomic E-state index is 12.4. The van der Waals surface area contributed by atoms with Gasteiger partial charge >= 0.3 is 0 Å². The number of amides is 2. The SMILES string of the molecule is O=C(CCC1=CCCN(CCc2ccc(Br)cc2)C1=O)NO. The van der Waals surface area contributed by atoms with Crippen molar-refractivity contribution in [2.75, 3.05) is 13.1 Å². The van der Waals surface area contributed by atoms with Crippen LogP contribution in [-0.4, -0.2) is 35.0 Å². The van der Waals surface area contributed by atoms with Crippen molar-refractivity contribution < 1.29 is 14.8 Å². The van der Waals surface area contributed by atoms with Crippen LogP contribution in [0.15, 0.2) is 40.4 Å². The summed E-state index contributed by atoms with van der Waals surface area (Å²) in [5.74, 6) is -0.477. The van der Waals surface area contributed by atoms with Crippen molar-refractivity contribution in [1.29, 1.82) is 0 Å². The maximum absolute atomic E-state index is 12.4. The maximum Gasteiger partial charge on any atom is 0.249 e. The molecule has 0 bridgehead atoms. The van der Waals surface area contributed by atoms with E-state index in [2.05, 4.69) is 15.9 Å². The summed E-state index contributed by atoms with van der Waals surface area (Å²) >= 11 is 3.40. The highest BCUT2D eigenvalue weighted by Crippen LogP contribution is 2.17. The first-order valence-electron chi connectivity index (χ1n) is 7.26. The standard InChI is InChI=1S/C16H19BrN2O3/c17-14-6-3-12(4-7-14)9-11-19-10-1-2-13(16(19)21)5-8-15(20)18-22/h2-4,6-7,22H,1,5,8-11H2,(H,18,20). The van der Waals surface area contributed by atoms with Gasteiger partial charge in [0, 0.05) is 29.6 Å². The van der Waals surface area contributed by atoms with Gasteiger partial charge in [0.1, 0.15) is 0 Å². The van der Waals surface area contributed by atoms with Crippen LogP contribution in [0.2, 0.25) is 0 Å². The Bertz CT molecular complexity index is 569. The Balaban J connectivity index is 1.87. The first-order valence-corrected chi connectivity index (χ1v) is 8.05. The lowest BCUT2D eigenvalue weighted by Gasteiger charge is -2.27. The van der Waals surface area contributed by atoms with Crippen LogP contribution in [0.3, 0.4) is 0 Å². The predicted octanol–water partition coefficient (Wildman–Crippen LogP) is 2.44. The van der Waals surface area contributed by atoms with E-state index in [0.29, 0.717) is 25.1 Å². The van der Waals surface area contributed by atoms with Crippen molar-refractivity contribution in [3.8, 4) is 0 Å². The smallest absolute Gasteiger partial charge is 0.249 e. The molecule has 1 heterocycles. The number of carbonyl (C=O) groups excluding carboxylic acids is 2. The average molecular weight is 367 g/mol. The van der Waals surface area contributed by atoms with E-state index in [4.69, 9.17) is 5.21 Å². The van der Waals surface area contributed by atoms with Gasteiger partial charge in [0.15, 0.2) is 0 Å². The molecule has 2 rings (SSSR count). The molecule has 1 aromatic carbocycles. The van der Waals surface area contributed by atoms with E-state index in [1.807, 2.05) is 35.2 Å². The van der Waals surface area contributed by atoms with Gasteiger partial charge in [0.25, 0.3) is 0 Å². The van der Waals surface area contributed by atoms with Gasteiger partial charge in [0.05, 0.1) is 0 Å². The molecule has 0 aliphatic carbocycles. The molecule has 1 aromatic rings. The van der Waals surface area contributed by atoms with E-state index in [1.165, 1.54) is 5.56 Å². The number of rotatable bonds is 6. The van der Waals surface area contributed by atoms with Gasteiger partial charge in [-0.25, -0.2) is 5.48 Å². The molecule has 1 aliphatic heterocycles. The Kier molecular flexibility index (Phi) is 6.15. The highest BCUT2D eigenvalue weighted by atomic mass is 79.9. The van der Waals surface area contributed by atoms with Crippen molar-refractivity contribution in [2.45, 2.75) is 25.7 Å². The molecule has 0 atom stereocenters. The zero-order chi connectivity index (χ0) is 15.9. The first kappa shape index (κ1) is 16.7. The van der Waals surface area contributed by atoms with Gasteiger partial charge in [-0.15, -0.1) is 0 Å². The number of benzene rings is 1. The summed E-state index contributed by atoms with van der Waals surface area (Å²) in [6, 6.07) is 8.07. The topological polar surface area (TPSA) is 69.6 Å². The van der Waals surface area contributed by atoms with Gasteiger partial charge in [-0.3, -0.25) is 14.8 Å². The molecule has 118 valence electrons. The Hall–Kier alpha value is -1.66. The molecule has 2 N–H and O–H groups in total. The molecule has 0 spiro atoms. The van der Waals surface area contributed by atoms with Crippen molar-refractivity contribution >= 4 is 27.7 Å². The third-order valence-corrected chi connectivity index (χ3v) is 4.21. The highest BCUT2D eigenvalue weighted by Gasteiger charge is 2.21. The number of carbonyl (C=O) groups is 2. The zero-order valence-electron chi connectivity index (χ0n) is 12.2. The quantitative estimate of drug-likeness (QED) is 0.599. The van der Waals surface area contributed by atoms with Crippen LogP contribution < -0.4 is 5.48 Å². The van der Waals surface area contributed by atoms with E-state index >= 15 is 0 Å². The molecule has 0 radical (unpaired) electrons. The van der Waals surface area contributed by atoms with Gasteiger partial charge < -0.3 is 4.90 Å². The van der Waals surface area contributed by atoms with Crippen LogP contribution in [0.1, 0.15) is 24.8 Å². The summed E-state index contributed by atoms with van der Waals surface area (Å²) in [7, 11) is 0. The Morgan fingerprint density at radius 2 is 2.00 bits per heavy atom. The fourth-order valence-corrected chi connectivity index (χ4v) is 2.69. The van der Waals surface area contributed by atoms with Crippen LogP contribution >= 0.6 is 15.9 Å². The van der Waals surface area contributed by atoms with Crippen molar-refractivity contribution in [3.05, 3.63) is 46.0 Å². The Labute approximate surface area is 138 Å². The molecular weight excluding hydrogens is 348 g/mol. The lowest BCUT2D eigenvalue weighted by molar-refractivity contribution is -0.129. The van der Waals surface area contributed by atoms with Crippen LogP contribution in [0.5, 0.6) is 0 Å². The van der Waals surface area contributed by atoms with Gasteiger partial charge in [-0.05, 0) is 37.0 Å². The minimum absolute atomic E-state index is 0.00546. The van der Waals surface area contributed by atoms with E-state index in [0.717, 1.165) is 17.3 Å². The molecule has 0 aromatic heterocycles. The van der Waals surface area contributed by atoms with Gasteiger partial charge in [-0.1, -0.05) is 34.1 Å². The normalized spacial score (nSPS) is 14.7. The number of hydrogen-bond acceptors (Lipinski definition) is 3. The first-order chi connectivity index (χ1) is 10.6. The number of nitrogens with zero attached hydrogens (tertiary/aromatic N) is 1. The Morgan fingerprint density at radius 1 is 1.27 bits per heavy atom. The minimum Gasteiger partial charge on any atom is -0.338 e. The highest BCUT2D eigenvalue weighted by molar-refractivity contribution is 9.10. The second-order valence-corrected chi connectivity index (χ2v) is 6.14. The lowest BCUT2D eigenvalue weighted by atomic mass is 10.0. The number of halogens is 1. The Morgan fingerprint density at radius 3 is 2.68 bits per heavy atom. The molecule has 0 saturated heterocycles. The average Bonchev–Trinajstić information content (AvgIpc) is 2.54. The molecule has 0 saturated carbocycles. The number of hydroxylamine groups is 1. The van der Waals surface area contributed by atoms with E-state index in [1.54, 1.807) is 5.48 Å². The fourth-order valence-electron chi connectivity index (χ4n) is 2.43. The van der Waals surface area contributed by atoms with Crippen molar-refractivity contribution in [2.24, 2.45) is 0 Å².